The summed E-state index contributed by atoms with van der Waals surface area (Å²) < 4.78 is 0. The van der Waals surface area contributed by atoms with E-state index in [-0.39, 0.29) is 28.9 Å². The van der Waals surface area contributed by atoms with E-state index in [1.54, 1.807) is 13.8 Å². The van der Waals surface area contributed by atoms with Gasteiger partial charge < -0.3 is 5.32 Å². The third-order valence-corrected chi connectivity index (χ3v) is 2.30. The van der Waals surface area contributed by atoms with Crippen molar-refractivity contribution in [2.75, 3.05) is 5.32 Å². The number of benzene rings is 1. The molecule has 0 saturated heterocycles. The number of nitrogens with one attached hydrogen (secondary N) is 1. The average Bonchev–Trinajstić information content (AvgIpc) is 2.26. The minimum absolute atomic E-state index is 0.0594. The minimum Gasteiger partial charge on any atom is -0.326 e. The van der Waals surface area contributed by atoms with Gasteiger partial charge in [0.2, 0.25) is 5.91 Å². The molecular weight excluding hydrogens is 236 g/mol. The third-order valence-electron chi connectivity index (χ3n) is 2.30. The van der Waals surface area contributed by atoms with Gasteiger partial charge in [-0.3, -0.25) is 19.7 Å². The molecule has 6 nitrogen and oxygen atoms in total. The molecule has 0 aliphatic rings. The zero-order chi connectivity index (χ0) is 13.9. The number of Topliss-reactive ketones (excluding diaryl/α,β-unsaturated/α-hetero) is 1. The summed E-state index contributed by atoms with van der Waals surface area (Å²) in [5.41, 5.74) is 0.0681. The minimum atomic E-state index is -0.624. The van der Waals surface area contributed by atoms with Crippen molar-refractivity contribution < 1.29 is 14.5 Å². The predicted molar refractivity (Wildman–Crippen MR) is 66.6 cm³/mol. The quantitative estimate of drug-likeness (QED) is 0.504. The second-order valence-electron chi connectivity index (χ2n) is 4.19. The number of ketones is 1. The standard InChI is InChI=1S/C12H14N2O4/c1-7(2)12(16)10-5-4-9(13-8(3)15)6-11(10)14(17)18/h4-7H,1-3H3,(H,13,15). The summed E-state index contributed by atoms with van der Waals surface area (Å²) in [7, 11) is 0. The zero-order valence-electron chi connectivity index (χ0n) is 10.4. The van der Waals surface area contributed by atoms with Crippen molar-refractivity contribution in [2.45, 2.75) is 20.8 Å². The molecule has 6 heteroatoms. The fourth-order valence-electron chi connectivity index (χ4n) is 1.48. The summed E-state index contributed by atoms with van der Waals surface area (Å²) in [6, 6.07) is 4.03. The second-order valence-corrected chi connectivity index (χ2v) is 4.19. The van der Waals surface area contributed by atoms with Crippen molar-refractivity contribution in [1.82, 2.24) is 0 Å². The first-order chi connectivity index (χ1) is 8.32. The Labute approximate surface area is 104 Å². The molecule has 1 N–H and O–H groups in total. The number of nitrogens with zero attached hydrogens (tertiary/aromatic N) is 1. The Balaban J connectivity index is 3.25. The number of nitro groups is 1. The van der Waals surface area contributed by atoms with Crippen LogP contribution in [-0.4, -0.2) is 16.6 Å². The lowest BCUT2D eigenvalue weighted by Gasteiger charge is -2.07. The largest absolute Gasteiger partial charge is 0.326 e. The van der Waals surface area contributed by atoms with Crippen LogP contribution in [0.4, 0.5) is 11.4 Å². The SMILES string of the molecule is CC(=O)Nc1ccc(C(=O)C(C)C)c([N+](=O)[O-])c1. The van der Waals surface area contributed by atoms with Gasteiger partial charge in [-0.1, -0.05) is 13.8 Å². The molecule has 0 heterocycles. The number of carbonyl (C=O) groups excluding carboxylic acids is 2. The molecule has 0 unspecified atom stereocenters. The Morgan fingerprint density at radius 1 is 1.33 bits per heavy atom. The Morgan fingerprint density at radius 2 is 1.94 bits per heavy atom. The van der Waals surface area contributed by atoms with E-state index < -0.39 is 4.92 Å². The molecular formula is C12H14N2O4. The lowest BCUT2D eigenvalue weighted by atomic mass is 9.99. The van der Waals surface area contributed by atoms with Gasteiger partial charge in [0.25, 0.3) is 5.69 Å². The summed E-state index contributed by atoms with van der Waals surface area (Å²) in [6.07, 6.45) is 0. The molecule has 0 aromatic heterocycles. The van der Waals surface area contributed by atoms with Crippen LogP contribution in [0.25, 0.3) is 0 Å². The fourth-order valence-corrected chi connectivity index (χ4v) is 1.48. The smallest absolute Gasteiger partial charge is 0.282 e. The average molecular weight is 250 g/mol. The zero-order valence-corrected chi connectivity index (χ0v) is 10.4. The molecule has 1 aromatic rings. The van der Waals surface area contributed by atoms with Gasteiger partial charge in [0.1, 0.15) is 0 Å². The van der Waals surface area contributed by atoms with E-state index in [1.165, 1.54) is 25.1 Å². The second kappa shape index (κ2) is 5.39. The maximum atomic E-state index is 11.8. The summed E-state index contributed by atoms with van der Waals surface area (Å²) in [5, 5.41) is 13.4. The van der Waals surface area contributed by atoms with Crippen LogP contribution in [-0.2, 0) is 4.79 Å². The van der Waals surface area contributed by atoms with Gasteiger partial charge in [0.15, 0.2) is 5.78 Å². The molecule has 0 fully saturated rings. The highest BCUT2D eigenvalue weighted by atomic mass is 16.6. The highest BCUT2D eigenvalue weighted by Gasteiger charge is 2.22. The molecule has 18 heavy (non-hydrogen) atoms. The molecule has 0 aliphatic heterocycles. The van der Waals surface area contributed by atoms with Gasteiger partial charge in [-0.15, -0.1) is 0 Å². The van der Waals surface area contributed by atoms with Crippen molar-refractivity contribution >= 4 is 23.1 Å². The molecule has 0 aliphatic carbocycles. The maximum absolute atomic E-state index is 11.8. The molecule has 0 spiro atoms. The lowest BCUT2D eigenvalue weighted by molar-refractivity contribution is -0.385. The number of hydrogen-bond donors (Lipinski definition) is 1. The molecule has 0 radical (unpaired) electrons. The Hall–Kier alpha value is -2.24. The third kappa shape index (κ3) is 3.13. The van der Waals surface area contributed by atoms with Crippen LogP contribution in [0.1, 0.15) is 31.1 Å². The Kier molecular flexibility index (Phi) is 4.14. The van der Waals surface area contributed by atoms with Crippen LogP contribution in [0.2, 0.25) is 0 Å². The number of carbonyl (C=O) groups is 2. The number of hydrogen-bond acceptors (Lipinski definition) is 4. The van der Waals surface area contributed by atoms with Crippen molar-refractivity contribution in [1.29, 1.82) is 0 Å². The highest BCUT2D eigenvalue weighted by Crippen LogP contribution is 2.25. The molecule has 1 amide bonds. The molecule has 0 atom stereocenters. The highest BCUT2D eigenvalue weighted by molar-refractivity contribution is 6.02. The van der Waals surface area contributed by atoms with Crippen molar-refractivity contribution in [2.24, 2.45) is 5.92 Å². The van der Waals surface area contributed by atoms with Gasteiger partial charge in [0, 0.05) is 24.6 Å². The number of amides is 1. The normalized spacial score (nSPS) is 10.2. The number of anilines is 1. The van der Waals surface area contributed by atoms with Crippen LogP contribution in [0, 0.1) is 16.0 Å². The summed E-state index contributed by atoms with van der Waals surface area (Å²) in [5.74, 6) is -0.946. The van der Waals surface area contributed by atoms with Crippen LogP contribution in [0.15, 0.2) is 18.2 Å². The summed E-state index contributed by atoms with van der Waals surface area (Å²) in [6.45, 7) is 4.65. The van der Waals surface area contributed by atoms with E-state index in [9.17, 15) is 19.7 Å². The van der Waals surface area contributed by atoms with E-state index in [0.717, 1.165) is 0 Å². The lowest BCUT2D eigenvalue weighted by Crippen LogP contribution is -2.11. The van der Waals surface area contributed by atoms with Crippen LogP contribution in [0.3, 0.4) is 0 Å². The van der Waals surface area contributed by atoms with Gasteiger partial charge in [-0.25, -0.2) is 0 Å². The van der Waals surface area contributed by atoms with Crippen LogP contribution >= 0.6 is 0 Å². The van der Waals surface area contributed by atoms with Gasteiger partial charge in [0.05, 0.1) is 10.5 Å². The van der Waals surface area contributed by atoms with Gasteiger partial charge >= 0.3 is 0 Å². The Morgan fingerprint density at radius 3 is 2.39 bits per heavy atom. The maximum Gasteiger partial charge on any atom is 0.282 e. The monoisotopic (exact) mass is 250 g/mol. The number of nitro benzene ring substituents is 1. The van der Waals surface area contributed by atoms with E-state index in [4.69, 9.17) is 0 Å². The Bertz CT molecular complexity index is 509. The topological polar surface area (TPSA) is 89.3 Å². The molecule has 0 bridgehead atoms. The first-order valence-corrected chi connectivity index (χ1v) is 5.43. The summed E-state index contributed by atoms with van der Waals surface area (Å²) in [4.78, 5) is 33.0. The van der Waals surface area contributed by atoms with E-state index >= 15 is 0 Å². The van der Waals surface area contributed by atoms with Crippen molar-refractivity contribution in [3.63, 3.8) is 0 Å². The molecule has 1 rings (SSSR count). The van der Waals surface area contributed by atoms with Crippen molar-refractivity contribution in [3.05, 3.63) is 33.9 Å². The van der Waals surface area contributed by atoms with Gasteiger partial charge in [-0.2, -0.15) is 0 Å². The summed E-state index contributed by atoms with van der Waals surface area (Å²) >= 11 is 0. The van der Waals surface area contributed by atoms with E-state index in [1.807, 2.05) is 0 Å². The molecule has 1 aromatic carbocycles. The van der Waals surface area contributed by atoms with E-state index in [2.05, 4.69) is 5.32 Å². The van der Waals surface area contributed by atoms with Crippen LogP contribution < -0.4 is 5.32 Å². The van der Waals surface area contributed by atoms with Crippen molar-refractivity contribution in [3.8, 4) is 0 Å². The number of rotatable bonds is 4. The fraction of sp³-hybridized carbons (Fsp3) is 0.333. The molecule has 0 saturated carbocycles. The predicted octanol–water partition coefficient (Wildman–Crippen LogP) is 2.39. The van der Waals surface area contributed by atoms with E-state index in [0.29, 0.717) is 5.69 Å². The van der Waals surface area contributed by atoms with Crippen LogP contribution in [0.5, 0.6) is 0 Å². The first-order valence-electron chi connectivity index (χ1n) is 5.43. The van der Waals surface area contributed by atoms with Gasteiger partial charge in [-0.05, 0) is 12.1 Å². The first kappa shape index (κ1) is 13.8. The molecule has 96 valence electrons.